The Kier molecular flexibility index (Phi) is 8.82. The summed E-state index contributed by atoms with van der Waals surface area (Å²) in [5.74, 6) is 0.951. The van der Waals surface area contributed by atoms with Gasteiger partial charge in [0.05, 0.1) is 20.1 Å². The number of benzene rings is 2. The fourth-order valence-corrected chi connectivity index (χ4v) is 3.93. The minimum Gasteiger partial charge on any atom is -0.472 e. The number of halogens is 4. The molecule has 172 valence electrons. The first kappa shape index (κ1) is 26.4. The Morgan fingerprint density at radius 3 is 1.13 bits per heavy atom. The number of rotatable bonds is 8. The Morgan fingerprint density at radius 1 is 0.645 bits per heavy atom. The molecule has 0 heterocycles. The first-order valence-corrected chi connectivity index (χ1v) is 11.6. The molecule has 0 aliphatic carbocycles. The monoisotopic (exact) mass is 506 g/mol. The van der Waals surface area contributed by atoms with Crippen molar-refractivity contribution in [3.8, 4) is 11.5 Å². The van der Waals surface area contributed by atoms with Gasteiger partial charge in [-0.05, 0) is 35.4 Å². The van der Waals surface area contributed by atoms with E-state index in [9.17, 15) is 0 Å². The van der Waals surface area contributed by atoms with E-state index >= 15 is 0 Å². The second-order valence-electron chi connectivity index (χ2n) is 8.82. The van der Waals surface area contributed by atoms with Crippen LogP contribution >= 0.6 is 46.4 Å². The van der Waals surface area contributed by atoms with Gasteiger partial charge in [-0.15, -0.1) is 0 Å². The second-order valence-corrected chi connectivity index (χ2v) is 10.4. The average Bonchev–Trinajstić information content (AvgIpc) is 2.66. The molecule has 4 N–H and O–H groups in total. The first-order valence-electron chi connectivity index (χ1n) is 10.1. The fourth-order valence-electron chi connectivity index (χ4n) is 2.78. The first-order chi connectivity index (χ1) is 14.2. The maximum atomic E-state index is 6.50. The van der Waals surface area contributed by atoms with Gasteiger partial charge in [0.25, 0.3) is 0 Å². The van der Waals surface area contributed by atoms with Gasteiger partial charge in [-0.1, -0.05) is 87.9 Å². The van der Waals surface area contributed by atoms with Crippen molar-refractivity contribution in [2.24, 2.45) is 23.3 Å². The van der Waals surface area contributed by atoms with Crippen LogP contribution in [0, 0.1) is 11.8 Å². The lowest BCUT2D eigenvalue weighted by atomic mass is 9.78. The van der Waals surface area contributed by atoms with Gasteiger partial charge in [0, 0.05) is 17.3 Å². The minimum atomic E-state index is -0.517. The molecule has 0 amide bonds. The van der Waals surface area contributed by atoms with Crippen LogP contribution in [-0.2, 0) is 5.41 Å². The number of hydrogen-bond acceptors (Lipinski definition) is 4. The van der Waals surface area contributed by atoms with E-state index in [1.54, 1.807) is 0 Å². The predicted molar refractivity (Wildman–Crippen MR) is 132 cm³/mol. The minimum absolute atomic E-state index is 0.108. The largest absolute Gasteiger partial charge is 0.472 e. The van der Waals surface area contributed by atoms with Crippen LogP contribution in [0.25, 0.3) is 0 Å². The molecule has 2 unspecified atom stereocenters. The zero-order valence-electron chi connectivity index (χ0n) is 18.6. The lowest BCUT2D eigenvalue weighted by molar-refractivity contribution is 0.158. The third kappa shape index (κ3) is 6.13. The quantitative estimate of drug-likeness (QED) is 0.368. The Hall–Kier alpha value is -0.880. The Morgan fingerprint density at radius 2 is 0.903 bits per heavy atom. The van der Waals surface area contributed by atoms with Crippen LogP contribution in [0.3, 0.4) is 0 Å². The standard InChI is InChI=1S/C23H30Cl4N2O2/c1-11(2)21(28)30-19-15(24)7-13(8-16(19)25)23(5,6)14-9-17(26)20(18(27)10-14)31-22(29)12(3)4/h7-12,21-22H,28-29H2,1-6H3. The SMILES string of the molecule is CC(C)C(N)Oc1c(Cl)cc(C(C)(C)c2cc(Cl)c(OC(N)C(C)C)c(Cl)c2)cc1Cl. The van der Waals surface area contributed by atoms with E-state index in [0.717, 1.165) is 11.1 Å². The molecule has 0 fully saturated rings. The molecule has 31 heavy (non-hydrogen) atoms. The van der Waals surface area contributed by atoms with E-state index < -0.39 is 17.9 Å². The average molecular weight is 508 g/mol. The van der Waals surface area contributed by atoms with Crippen LogP contribution in [0.4, 0.5) is 0 Å². The Bertz CT molecular complexity index is 812. The van der Waals surface area contributed by atoms with Crippen LogP contribution in [0.2, 0.25) is 20.1 Å². The third-order valence-electron chi connectivity index (χ3n) is 5.26. The summed E-state index contributed by atoms with van der Waals surface area (Å²) >= 11 is 26.0. The second kappa shape index (κ2) is 10.4. The van der Waals surface area contributed by atoms with Crippen molar-refractivity contribution in [2.75, 3.05) is 0 Å². The van der Waals surface area contributed by atoms with Crippen molar-refractivity contribution >= 4 is 46.4 Å². The van der Waals surface area contributed by atoms with E-state index in [1.807, 2.05) is 65.8 Å². The lowest BCUT2D eigenvalue weighted by Crippen LogP contribution is -2.33. The number of hydrogen-bond donors (Lipinski definition) is 2. The molecule has 2 rings (SSSR count). The predicted octanol–water partition coefficient (Wildman–Crippen LogP) is 7.27. The zero-order valence-corrected chi connectivity index (χ0v) is 21.6. The summed E-state index contributed by atoms with van der Waals surface area (Å²) < 4.78 is 11.5. The van der Waals surface area contributed by atoms with Crippen molar-refractivity contribution in [3.63, 3.8) is 0 Å². The molecule has 2 atom stereocenters. The third-order valence-corrected chi connectivity index (χ3v) is 6.38. The highest BCUT2D eigenvalue weighted by Gasteiger charge is 2.28. The van der Waals surface area contributed by atoms with Gasteiger partial charge in [-0.25, -0.2) is 0 Å². The molecule has 2 aromatic rings. The summed E-state index contributed by atoms with van der Waals surface area (Å²) in [5, 5.41) is 1.52. The lowest BCUT2D eigenvalue weighted by Gasteiger charge is -2.29. The molecule has 0 aliphatic rings. The molecule has 0 radical (unpaired) electrons. The summed E-state index contributed by atoms with van der Waals surface area (Å²) in [6.07, 6.45) is -1.03. The smallest absolute Gasteiger partial charge is 0.158 e. The molecule has 8 heteroatoms. The molecule has 0 bridgehead atoms. The van der Waals surface area contributed by atoms with E-state index in [2.05, 4.69) is 0 Å². The van der Waals surface area contributed by atoms with Gasteiger partial charge in [0.1, 0.15) is 12.5 Å². The van der Waals surface area contributed by atoms with Crippen molar-refractivity contribution in [1.29, 1.82) is 0 Å². The van der Waals surface area contributed by atoms with Gasteiger partial charge in [0.15, 0.2) is 11.5 Å². The normalized spacial score (nSPS) is 14.1. The molecule has 4 nitrogen and oxygen atoms in total. The summed E-state index contributed by atoms with van der Waals surface area (Å²) in [4.78, 5) is 0. The molecule has 0 saturated carbocycles. The van der Waals surface area contributed by atoms with Crippen molar-refractivity contribution in [1.82, 2.24) is 0 Å². The number of ether oxygens (including phenoxy) is 2. The van der Waals surface area contributed by atoms with E-state index in [4.69, 9.17) is 67.3 Å². The van der Waals surface area contributed by atoms with Gasteiger partial charge >= 0.3 is 0 Å². The van der Waals surface area contributed by atoms with E-state index in [-0.39, 0.29) is 11.8 Å². The maximum Gasteiger partial charge on any atom is 0.158 e. The van der Waals surface area contributed by atoms with Crippen LogP contribution in [0.15, 0.2) is 24.3 Å². The maximum absolute atomic E-state index is 6.50. The van der Waals surface area contributed by atoms with Gasteiger partial charge in [-0.3, -0.25) is 11.5 Å². The topological polar surface area (TPSA) is 70.5 Å². The van der Waals surface area contributed by atoms with Crippen molar-refractivity contribution in [2.45, 2.75) is 59.4 Å². The molecule has 0 aliphatic heterocycles. The highest BCUT2D eigenvalue weighted by Crippen LogP contribution is 2.44. The van der Waals surface area contributed by atoms with Gasteiger partial charge in [0.2, 0.25) is 0 Å². The highest BCUT2D eigenvalue weighted by molar-refractivity contribution is 6.38. The molecular formula is C23H30Cl4N2O2. The summed E-state index contributed by atoms with van der Waals surface area (Å²) in [6, 6.07) is 7.26. The van der Waals surface area contributed by atoms with E-state index in [1.165, 1.54) is 0 Å². The van der Waals surface area contributed by atoms with Crippen molar-refractivity contribution < 1.29 is 9.47 Å². The van der Waals surface area contributed by atoms with Crippen LogP contribution in [0.5, 0.6) is 11.5 Å². The van der Waals surface area contributed by atoms with Crippen LogP contribution < -0.4 is 20.9 Å². The molecular weight excluding hydrogens is 478 g/mol. The summed E-state index contributed by atoms with van der Waals surface area (Å²) in [5.41, 5.74) is 13.2. The summed E-state index contributed by atoms with van der Waals surface area (Å²) in [7, 11) is 0. The van der Waals surface area contributed by atoms with Gasteiger partial charge < -0.3 is 9.47 Å². The molecule has 0 aromatic heterocycles. The Balaban J connectivity index is 2.43. The Labute approximate surface area is 205 Å². The number of nitrogens with two attached hydrogens (primary N) is 2. The summed E-state index contributed by atoms with van der Waals surface area (Å²) in [6.45, 7) is 11.9. The zero-order chi connectivity index (χ0) is 23.7. The van der Waals surface area contributed by atoms with Gasteiger partial charge in [-0.2, -0.15) is 0 Å². The van der Waals surface area contributed by atoms with Crippen molar-refractivity contribution in [3.05, 3.63) is 55.5 Å². The van der Waals surface area contributed by atoms with E-state index in [0.29, 0.717) is 31.6 Å². The molecule has 0 saturated heterocycles. The fraction of sp³-hybridized carbons (Fsp3) is 0.478. The highest BCUT2D eigenvalue weighted by atomic mass is 35.5. The molecule has 0 spiro atoms. The van der Waals surface area contributed by atoms with Crippen LogP contribution in [-0.4, -0.2) is 12.5 Å². The van der Waals surface area contributed by atoms with Crippen LogP contribution in [0.1, 0.15) is 52.7 Å². The molecule has 2 aromatic carbocycles.